The monoisotopic (exact) mass is 423 g/mol. The number of aryl methyl sites for hydroxylation is 1. The molecule has 0 aromatic heterocycles. The molecule has 9 heteroatoms. The fourth-order valence-electron chi connectivity index (χ4n) is 2.97. The van der Waals surface area contributed by atoms with Crippen molar-refractivity contribution < 1.29 is 33.8 Å². The Morgan fingerprint density at radius 2 is 1.81 bits per heavy atom. The van der Waals surface area contributed by atoms with Gasteiger partial charge in [0.05, 0.1) is 18.8 Å². The molecule has 1 N–H and O–H groups in total. The second kappa shape index (κ2) is 9.12. The summed E-state index contributed by atoms with van der Waals surface area (Å²) in [5, 5.41) is 12.7. The molecule has 2 aromatic carbocycles. The molecule has 160 valence electrons. The standard InChI is InChI=1S/C22H20N2O7/c1-3-13-4-7-15(8-5-13)24-21(28)16(20(27)23-22(24)29)10-14-6-9-17(18(11-14)30-2)31-12-19(25)26/h4-11H,3,12H2,1-2H3,(H,25,26)(H,23,27,29)/p-1/b16-10+. The van der Waals surface area contributed by atoms with E-state index >= 15 is 0 Å². The second-order valence-electron chi connectivity index (χ2n) is 6.55. The van der Waals surface area contributed by atoms with Crippen LogP contribution in [0.5, 0.6) is 11.5 Å². The molecule has 9 nitrogen and oxygen atoms in total. The van der Waals surface area contributed by atoms with Gasteiger partial charge in [-0.25, -0.2) is 9.69 Å². The highest BCUT2D eigenvalue weighted by molar-refractivity contribution is 6.39. The van der Waals surface area contributed by atoms with Gasteiger partial charge in [-0.05, 0) is 47.9 Å². The summed E-state index contributed by atoms with van der Waals surface area (Å²) in [5.74, 6) is -2.64. The lowest BCUT2D eigenvalue weighted by atomic mass is 10.1. The lowest BCUT2D eigenvalue weighted by molar-refractivity contribution is -0.307. The van der Waals surface area contributed by atoms with E-state index in [0.29, 0.717) is 11.3 Å². The normalized spacial score (nSPS) is 15.1. The number of imide groups is 2. The summed E-state index contributed by atoms with van der Waals surface area (Å²) in [6.45, 7) is 1.32. The Hall–Kier alpha value is -4.14. The number of benzene rings is 2. The fraction of sp³-hybridized carbons (Fsp3) is 0.182. The average molecular weight is 423 g/mol. The van der Waals surface area contributed by atoms with Crippen LogP contribution in [0.25, 0.3) is 6.08 Å². The van der Waals surface area contributed by atoms with Gasteiger partial charge in [0, 0.05) is 0 Å². The van der Waals surface area contributed by atoms with E-state index in [1.807, 2.05) is 6.92 Å². The minimum atomic E-state index is -1.39. The number of ether oxygens (including phenoxy) is 2. The molecule has 0 aliphatic carbocycles. The summed E-state index contributed by atoms with van der Waals surface area (Å²) in [4.78, 5) is 49.0. The summed E-state index contributed by atoms with van der Waals surface area (Å²) in [7, 11) is 1.36. The van der Waals surface area contributed by atoms with E-state index < -0.39 is 30.4 Å². The van der Waals surface area contributed by atoms with Gasteiger partial charge >= 0.3 is 6.03 Å². The van der Waals surface area contributed by atoms with Gasteiger partial charge in [0.2, 0.25) is 0 Å². The fourth-order valence-corrected chi connectivity index (χ4v) is 2.97. The van der Waals surface area contributed by atoms with Crippen LogP contribution in [-0.4, -0.2) is 37.5 Å². The molecule has 0 spiro atoms. The minimum absolute atomic E-state index is 0.154. The molecule has 1 fully saturated rings. The van der Waals surface area contributed by atoms with Crippen molar-refractivity contribution in [3.8, 4) is 11.5 Å². The maximum atomic E-state index is 13.0. The molecular formula is C22H19N2O7-. The molecule has 3 rings (SSSR count). The zero-order valence-electron chi connectivity index (χ0n) is 16.8. The van der Waals surface area contributed by atoms with Crippen LogP contribution in [0.2, 0.25) is 0 Å². The molecule has 1 heterocycles. The lowest BCUT2D eigenvalue weighted by Crippen LogP contribution is -2.54. The number of hydrogen-bond donors (Lipinski definition) is 1. The topological polar surface area (TPSA) is 125 Å². The van der Waals surface area contributed by atoms with Crippen molar-refractivity contribution in [2.75, 3.05) is 18.6 Å². The predicted molar refractivity (Wildman–Crippen MR) is 108 cm³/mol. The highest BCUT2D eigenvalue weighted by atomic mass is 16.5. The molecule has 2 aromatic rings. The van der Waals surface area contributed by atoms with E-state index in [0.717, 1.165) is 16.9 Å². The molecule has 0 atom stereocenters. The SMILES string of the molecule is CCc1ccc(N2C(=O)NC(=O)/C(=C\c3ccc(OCC(=O)[O-])c(OC)c3)C2=O)cc1. The molecule has 0 bridgehead atoms. The van der Waals surface area contributed by atoms with Crippen LogP contribution in [0.3, 0.4) is 0 Å². The second-order valence-corrected chi connectivity index (χ2v) is 6.55. The Morgan fingerprint density at radius 3 is 2.42 bits per heavy atom. The zero-order chi connectivity index (χ0) is 22.5. The molecule has 0 unspecified atom stereocenters. The molecule has 4 amide bonds. The third-order valence-electron chi connectivity index (χ3n) is 4.55. The number of rotatable bonds is 7. The van der Waals surface area contributed by atoms with Crippen molar-refractivity contribution in [3.63, 3.8) is 0 Å². The van der Waals surface area contributed by atoms with Gasteiger partial charge in [-0.15, -0.1) is 0 Å². The van der Waals surface area contributed by atoms with Crippen molar-refractivity contribution in [2.24, 2.45) is 0 Å². The number of methoxy groups -OCH3 is 1. The van der Waals surface area contributed by atoms with E-state index in [1.54, 1.807) is 24.3 Å². The maximum Gasteiger partial charge on any atom is 0.335 e. The van der Waals surface area contributed by atoms with Crippen molar-refractivity contribution in [2.45, 2.75) is 13.3 Å². The number of carbonyl (C=O) groups excluding carboxylic acids is 4. The van der Waals surface area contributed by atoms with Gasteiger partial charge in [0.25, 0.3) is 11.8 Å². The predicted octanol–water partition coefficient (Wildman–Crippen LogP) is 1.05. The van der Waals surface area contributed by atoms with Gasteiger partial charge in [-0.1, -0.05) is 25.1 Å². The zero-order valence-corrected chi connectivity index (χ0v) is 16.8. The number of urea groups is 1. The van der Waals surface area contributed by atoms with Gasteiger partial charge in [-0.3, -0.25) is 14.9 Å². The minimum Gasteiger partial charge on any atom is -0.546 e. The average Bonchev–Trinajstić information content (AvgIpc) is 2.75. The largest absolute Gasteiger partial charge is 0.546 e. The molecule has 0 radical (unpaired) electrons. The first-order valence-corrected chi connectivity index (χ1v) is 9.35. The van der Waals surface area contributed by atoms with Crippen molar-refractivity contribution >= 4 is 35.6 Å². The van der Waals surface area contributed by atoms with E-state index in [1.165, 1.54) is 31.4 Å². The Bertz CT molecular complexity index is 1070. The number of barbiturate groups is 1. The molecule has 1 aliphatic rings. The Labute approximate surface area is 177 Å². The van der Waals surface area contributed by atoms with Crippen LogP contribution in [0, 0.1) is 0 Å². The Morgan fingerprint density at radius 1 is 1.10 bits per heavy atom. The third kappa shape index (κ3) is 4.72. The van der Waals surface area contributed by atoms with Crippen molar-refractivity contribution in [3.05, 3.63) is 59.2 Å². The van der Waals surface area contributed by atoms with Crippen LogP contribution in [0.15, 0.2) is 48.0 Å². The lowest BCUT2D eigenvalue weighted by Gasteiger charge is -2.26. The first-order chi connectivity index (χ1) is 14.8. The quantitative estimate of drug-likeness (QED) is 0.521. The summed E-state index contributed by atoms with van der Waals surface area (Å²) >= 11 is 0. The van der Waals surface area contributed by atoms with E-state index in [9.17, 15) is 24.3 Å². The van der Waals surface area contributed by atoms with Crippen LogP contribution in [0.4, 0.5) is 10.5 Å². The number of anilines is 1. The molecule has 31 heavy (non-hydrogen) atoms. The number of carbonyl (C=O) groups is 4. The summed E-state index contributed by atoms with van der Waals surface area (Å²) in [6.07, 6.45) is 2.11. The van der Waals surface area contributed by atoms with Crippen LogP contribution < -0.4 is 24.8 Å². The van der Waals surface area contributed by atoms with Gasteiger partial charge < -0.3 is 19.4 Å². The Balaban J connectivity index is 1.92. The van der Waals surface area contributed by atoms with Crippen molar-refractivity contribution in [1.82, 2.24) is 5.32 Å². The number of aliphatic carboxylic acids is 1. The van der Waals surface area contributed by atoms with Crippen LogP contribution in [0.1, 0.15) is 18.1 Å². The molecule has 1 aliphatic heterocycles. The number of amides is 4. The van der Waals surface area contributed by atoms with E-state index in [4.69, 9.17) is 9.47 Å². The molecule has 1 saturated heterocycles. The van der Waals surface area contributed by atoms with E-state index in [-0.39, 0.29) is 17.1 Å². The molecular weight excluding hydrogens is 404 g/mol. The highest BCUT2D eigenvalue weighted by Gasteiger charge is 2.36. The summed E-state index contributed by atoms with van der Waals surface area (Å²) in [5.41, 5.74) is 1.53. The third-order valence-corrected chi connectivity index (χ3v) is 4.55. The van der Waals surface area contributed by atoms with Crippen LogP contribution >= 0.6 is 0 Å². The number of nitrogens with zero attached hydrogens (tertiary/aromatic N) is 1. The first-order valence-electron chi connectivity index (χ1n) is 9.35. The number of carboxylic acid groups (broad SMARTS) is 1. The van der Waals surface area contributed by atoms with Gasteiger partial charge in [-0.2, -0.15) is 0 Å². The van der Waals surface area contributed by atoms with Crippen LogP contribution in [-0.2, 0) is 20.8 Å². The maximum absolute atomic E-state index is 13.0. The summed E-state index contributed by atoms with van der Waals surface area (Å²) in [6, 6.07) is 10.4. The highest BCUT2D eigenvalue weighted by Crippen LogP contribution is 2.30. The van der Waals surface area contributed by atoms with Gasteiger partial charge in [0.1, 0.15) is 12.2 Å². The smallest absolute Gasteiger partial charge is 0.335 e. The first kappa shape index (κ1) is 21.6. The number of carboxylic acids is 1. The van der Waals surface area contributed by atoms with Gasteiger partial charge in [0.15, 0.2) is 11.5 Å². The van der Waals surface area contributed by atoms with Crippen molar-refractivity contribution in [1.29, 1.82) is 0 Å². The Kier molecular flexibility index (Phi) is 6.35. The number of hydrogen-bond acceptors (Lipinski definition) is 7. The molecule has 0 saturated carbocycles. The van der Waals surface area contributed by atoms with E-state index in [2.05, 4.69) is 5.32 Å². The number of nitrogens with one attached hydrogen (secondary N) is 1. The summed E-state index contributed by atoms with van der Waals surface area (Å²) < 4.78 is 10.3.